The van der Waals surface area contributed by atoms with Gasteiger partial charge in [-0.25, -0.2) is 15.7 Å². The SMILES string of the molecule is COc1ccc(C=NNC(=O)NO)cc1OC. The Morgan fingerprint density at radius 3 is 2.65 bits per heavy atom. The molecule has 0 aliphatic heterocycles. The molecule has 2 amide bonds. The molecule has 3 N–H and O–H groups in total. The van der Waals surface area contributed by atoms with Crippen LogP contribution in [0.4, 0.5) is 4.79 Å². The Bertz CT molecular complexity index is 420. The molecule has 0 atom stereocenters. The Labute approximate surface area is 98.0 Å². The molecule has 1 aromatic rings. The summed E-state index contributed by atoms with van der Waals surface area (Å²) in [6.45, 7) is 0. The third kappa shape index (κ3) is 3.65. The topological polar surface area (TPSA) is 92.2 Å². The number of nitrogens with zero attached hydrogens (tertiary/aromatic N) is 1. The van der Waals surface area contributed by atoms with E-state index in [1.54, 1.807) is 25.3 Å². The van der Waals surface area contributed by atoms with Gasteiger partial charge >= 0.3 is 6.03 Å². The summed E-state index contributed by atoms with van der Waals surface area (Å²) in [4.78, 5) is 10.6. The fourth-order valence-electron chi connectivity index (χ4n) is 1.12. The maximum Gasteiger partial charge on any atom is 0.358 e. The van der Waals surface area contributed by atoms with Crippen LogP contribution in [-0.2, 0) is 0 Å². The number of carbonyl (C=O) groups excluding carboxylic acids is 1. The third-order valence-corrected chi connectivity index (χ3v) is 1.89. The van der Waals surface area contributed by atoms with Crippen LogP contribution in [-0.4, -0.2) is 31.7 Å². The summed E-state index contributed by atoms with van der Waals surface area (Å²) in [6.07, 6.45) is 1.40. The van der Waals surface area contributed by atoms with Crippen LogP contribution in [0.2, 0.25) is 0 Å². The van der Waals surface area contributed by atoms with Crippen LogP contribution >= 0.6 is 0 Å². The fraction of sp³-hybridized carbons (Fsp3) is 0.200. The first kappa shape index (κ1) is 12.8. The number of ether oxygens (including phenoxy) is 2. The van der Waals surface area contributed by atoms with Crippen molar-refractivity contribution in [2.24, 2.45) is 5.10 Å². The summed E-state index contributed by atoms with van der Waals surface area (Å²) < 4.78 is 10.2. The van der Waals surface area contributed by atoms with Crippen molar-refractivity contribution in [3.63, 3.8) is 0 Å². The molecule has 0 saturated heterocycles. The quantitative estimate of drug-likeness (QED) is 0.410. The lowest BCUT2D eigenvalue weighted by molar-refractivity contribution is 0.162. The van der Waals surface area contributed by atoms with Gasteiger partial charge in [-0.3, -0.25) is 5.21 Å². The largest absolute Gasteiger partial charge is 0.493 e. The maximum absolute atomic E-state index is 10.6. The number of urea groups is 1. The third-order valence-electron chi connectivity index (χ3n) is 1.89. The number of rotatable bonds is 4. The minimum absolute atomic E-state index is 0.558. The van der Waals surface area contributed by atoms with Crippen LogP contribution in [0.3, 0.4) is 0 Å². The van der Waals surface area contributed by atoms with Gasteiger partial charge in [0.05, 0.1) is 20.4 Å². The van der Waals surface area contributed by atoms with E-state index in [0.717, 1.165) is 0 Å². The highest BCUT2D eigenvalue weighted by atomic mass is 16.5. The van der Waals surface area contributed by atoms with Crippen LogP contribution in [0.15, 0.2) is 23.3 Å². The fourth-order valence-corrected chi connectivity index (χ4v) is 1.12. The molecule has 0 radical (unpaired) electrons. The number of hydrogen-bond donors (Lipinski definition) is 3. The molecule has 0 aliphatic carbocycles. The van der Waals surface area contributed by atoms with Crippen LogP contribution in [0.1, 0.15) is 5.56 Å². The van der Waals surface area contributed by atoms with E-state index < -0.39 is 6.03 Å². The summed E-state index contributed by atoms with van der Waals surface area (Å²) in [5.74, 6) is 1.16. The predicted molar refractivity (Wildman–Crippen MR) is 60.6 cm³/mol. The molecular formula is C10H13N3O4. The number of hydrazone groups is 1. The predicted octanol–water partition coefficient (Wildman–Crippen LogP) is 0.726. The molecule has 92 valence electrons. The summed E-state index contributed by atoms with van der Waals surface area (Å²) in [5.41, 5.74) is 4.14. The Balaban J connectivity index is 2.75. The molecule has 0 aromatic heterocycles. The average molecular weight is 239 g/mol. The number of amides is 2. The molecule has 0 aliphatic rings. The Hall–Kier alpha value is -2.28. The lowest BCUT2D eigenvalue weighted by Crippen LogP contribution is -2.29. The molecule has 7 nitrogen and oxygen atoms in total. The molecular weight excluding hydrogens is 226 g/mol. The normalized spacial score (nSPS) is 10.1. The standard InChI is InChI=1S/C10H13N3O4/c1-16-8-4-3-7(5-9(8)17-2)6-11-12-10(14)13-15/h3-6,15H,1-2H3,(H2,12,13,14). The van der Waals surface area contributed by atoms with E-state index in [0.29, 0.717) is 17.1 Å². The van der Waals surface area contributed by atoms with Gasteiger partial charge in [0.15, 0.2) is 11.5 Å². The van der Waals surface area contributed by atoms with Crippen LogP contribution in [0.5, 0.6) is 11.5 Å². The zero-order valence-electron chi connectivity index (χ0n) is 9.43. The average Bonchev–Trinajstić information content (AvgIpc) is 2.38. The first-order valence-corrected chi connectivity index (χ1v) is 4.66. The maximum atomic E-state index is 10.6. The Morgan fingerprint density at radius 1 is 1.35 bits per heavy atom. The zero-order valence-corrected chi connectivity index (χ0v) is 9.43. The highest BCUT2D eigenvalue weighted by Gasteiger charge is 2.02. The van der Waals surface area contributed by atoms with Gasteiger partial charge in [0.1, 0.15) is 0 Å². The molecule has 0 saturated carbocycles. The number of carbonyl (C=O) groups is 1. The number of hydrogen-bond acceptors (Lipinski definition) is 5. The molecule has 17 heavy (non-hydrogen) atoms. The van der Waals surface area contributed by atoms with Gasteiger partial charge < -0.3 is 9.47 Å². The van der Waals surface area contributed by atoms with Crippen molar-refractivity contribution >= 4 is 12.2 Å². The lowest BCUT2D eigenvalue weighted by Gasteiger charge is -2.07. The van der Waals surface area contributed by atoms with Crippen LogP contribution in [0.25, 0.3) is 0 Å². The molecule has 1 aromatic carbocycles. The van der Waals surface area contributed by atoms with Gasteiger partial charge in [-0.15, -0.1) is 0 Å². The molecule has 0 spiro atoms. The number of hydroxylamine groups is 1. The van der Waals surface area contributed by atoms with E-state index in [1.807, 2.05) is 5.43 Å². The molecule has 1 rings (SSSR count). The van der Waals surface area contributed by atoms with Crippen molar-refractivity contribution in [3.8, 4) is 11.5 Å². The highest BCUT2D eigenvalue weighted by molar-refractivity contribution is 5.82. The van der Waals surface area contributed by atoms with Gasteiger partial charge in [-0.05, 0) is 23.8 Å². The van der Waals surface area contributed by atoms with E-state index in [-0.39, 0.29) is 0 Å². The second-order valence-electron chi connectivity index (χ2n) is 2.93. The summed E-state index contributed by atoms with van der Waals surface area (Å²) in [7, 11) is 3.06. The smallest absolute Gasteiger partial charge is 0.358 e. The summed E-state index contributed by atoms with van der Waals surface area (Å²) in [6, 6.07) is 4.33. The summed E-state index contributed by atoms with van der Waals surface area (Å²) >= 11 is 0. The molecule has 0 fully saturated rings. The molecule has 0 unspecified atom stereocenters. The lowest BCUT2D eigenvalue weighted by atomic mass is 10.2. The van der Waals surface area contributed by atoms with E-state index >= 15 is 0 Å². The Morgan fingerprint density at radius 2 is 2.06 bits per heavy atom. The van der Waals surface area contributed by atoms with Crippen molar-refractivity contribution in [2.45, 2.75) is 0 Å². The van der Waals surface area contributed by atoms with E-state index in [9.17, 15) is 4.79 Å². The number of nitrogens with one attached hydrogen (secondary N) is 2. The van der Waals surface area contributed by atoms with Crippen LogP contribution in [0, 0.1) is 0 Å². The Kier molecular flexibility index (Phi) is 4.77. The number of benzene rings is 1. The van der Waals surface area contributed by atoms with Crippen molar-refractivity contribution in [1.82, 2.24) is 10.9 Å². The van der Waals surface area contributed by atoms with Gasteiger partial charge in [0.2, 0.25) is 0 Å². The van der Waals surface area contributed by atoms with Gasteiger partial charge in [0, 0.05) is 0 Å². The van der Waals surface area contributed by atoms with E-state index in [1.165, 1.54) is 18.8 Å². The zero-order chi connectivity index (χ0) is 12.7. The summed E-state index contributed by atoms with van der Waals surface area (Å²) in [5, 5.41) is 11.8. The number of methoxy groups -OCH3 is 2. The van der Waals surface area contributed by atoms with Crippen molar-refractivity contribution < 1.29 is 19.5 Å². The van der Waals surface area contributed by atoms with Crippen molar-refractivity contribution in [1.29, 1.82) is 0 Å². The molecule has 0 heterocycles. The highest BCUT2D eigenvalue weighted by Crippen LogP contribution is 2.26. The minimum Gasteiger partial charge on any atom is -0.493 e. The van der Waals surface area contributed by atoms with Crippen LogP contribution < -0.4 is 20.4 Å². The van der Waals surface area contributed by atoms with Gasteiger partial charge in [0.25, 0.3) is 0 Å². The van der Waals surface area contributed by atoms with Crippen molar-refractivity contribution in [3.05, 3.63) is 23.8 Å². The molecule has 7 heteroatoms. The van der Waals surface area contributed by atoms with E-state index in [4.69, 9.17) is 14.7 Å². The van der Waals surface area contributed by atoms with Gasteiger partial charge in [-0.2, -0.15) is 5.10 Å². The van der Waals surface area contributed by atoms with Crippen molar-refractivity contribution in [2.75, 3.05) is 14.2 Å². The monoisotopic (exact) mass is 239 g/mol. The van der Waals surface area contributed by atoms with E-state index in [2.05, 4.69) is 5.10 Å². The second kappa shape index (κ2) is 6.33. The van der Waals surface area contributed by atoms with Gasteiger partial charge in [-0.1, -0.05) is 0 Å². The first-order chi connectivity index (χ1) is 8.21. The molecule has 0 bridgehead atoms. The first-order valence-electron chi connectivity index (χ1n) is 4.66. The minimum atomic E-state index is -0.818. The second-order valence-corrected chi connectivity index (χ2v) is 2.93.